The van der Waals surface area contributed by atoms with E-state index in [2.05, 4.69) is 15.5 Å². The number of nitro benzene ring substituents is 1. The lowest BCUT2D eigenvalue weighted by Crippen LogP contribution is -2.22. The predicted octanol–water partition coefficient (Wildman–Crippen LogP) is 4.67. The minimum atomic E-state index is -0.528. The number of hydrogen-bond acceptors (Lipinski definition) is 7. The van der Waals surface area contributed by atoms with Gasteiger partial charge in [0.1, 0.15) is 5.75 Å². The van der Waals surface area contributed by atoms with Crippen molar-refractivity contribution in [1.29, 1.82) is 0 Å². The number of non-ortho nitro benzene ring substituents is 1. The van der Waals surface area contributed by atoms with Crippen LogP contribution in [-0.2, 0) is 4.79 Å². The van der Waals surface area contributed by atoms with Crippen LogP contribution in [0.2, 0.25) is 0 Å². The second-order valence-electron chi connectivity index (χ2n) is 7.08. The topological polar surface area (TPSA) is 123 Å². The average molecular weight is 462 g/mol. The van der Waals surface area contributed by atoms with Crippen LogP contribution in [0.25, 0.3) is 17.1 Å². The number of para-hydroxylation sites is 1. The first-order valence-corrected chi connectivity index (χ1v) is 10.8. The first-order chi connectivity index (χ1) is 15.9. The number of benzene rings is 3. The summed E-state index contributed by atoms with van der Waals surface area (Å²) in [5.74, 6) is 0.449. The minimum absolute atomic E-state index is 0.0480. The maximum Gasteiger partial charge on any atom is 0.269 e. The highest BCUT2D eigenvalue weighted by molar-refractivity contribution is 8.00. The molecule has 1 aromatic heterocycles. The Labute approximate surface area is 193 Å². The quantitative estimate of drug-likeness (QED) is 0.233. The largest absolute Gasteiger partial charge is 0.508 e. The molecule has 3 aromatic carbocycles. The molecule has 4 rings (SSSR count). The molecular weight excluding hydrogens is 442 g/mol. The van der Waals surface area contributed by atoms with Crippen molar-refractivity contribution in [3.8, 4) is 22.8 Å². The van der Waals surface area contributed by atoms with Gasteiger partial charge in [0.15, 0.2) is 11.0 Å². The molecule has 2 N–H and O–H groups in total. The van der Waals surface area contributed by atoms with Crippen LogP contribution in [0.1, 0.15) is 6.92 Å². The molecule has 0 aliphatic carbocycles. The van der Waals surface area contributed by atoms with E-state index in [9.17, 15) is 20.0 Å². The van der Waals surface area contributed by atoms with E-state index in [1.54, 1.807) is 31.2 Å². The summed E-state index contributed by atoms with van der Waals surface area (Å²) in [4.78, 5) is 23.1. The second-order valence-corrected chi connectivity index (χ2v) is 8.39. The molecule has 0 unspecified atom stereocenters. The molecule has 1 atom stereocenters. The molecule has 0 fully saturated rings. The van der Waals surface area contributed by atoms with Crippen molar-refractivity contribution in [1.82, 2.24) is 14.8 Å². The molecule has 1 heterocycles. The number of anilines is 1. The summed E-state index contributed by atoms with van der Waals surface area (Å²) in [7, 11) is 0. The maximum absolute atomic E-state index is 12.7. The lowest BCUT2D eigenvalue weighted by atomic mass is 10.2. The molecule has 9 nitrogen and oxygen atoms in total. The lowest BCUT2D eigenvalue weighted by molar-refractivity contribution is -0.384. The molecular formula is C23H19N5O4S. The number of hydrogen-bond donors (Lipinski definition) is 2. The summed E-state index contributed by atoms with van der Waals surface area (Å²) in [6.45, 7) is 1.75. The fraction of sp³-hybridized carbons (Fsp3) is 0.0870. The van der Waals surface area contributed by atoms with Crippen LogP contribution in [0.4, 0.5) is 11.4 Å². The van der Waals surface area contributed by atoms with Crippen LogP contribution in [0.3, 0.4) is 0 Å². The van der Waals surface area contributed by atoms with Crippen molar-refractivity contribution < 1.29 is 14.8 Å². The third-order valence-corrected chi connectivity index (χ3v) is 5.81. The van der Waals surface area contributed by atoms with E-state index in [0.717, 1.165) is 11.3 Å². The van der Waals surface area contributed by atoms with Crippen LogP contribution in [-0.4, -0.2) is 36.0 Å². The number of nitrogens with zero attached hydrogens (tertiary/aromatic N) is 4. The molecule has 0 spiro atoms. The van der Waals surface area contributed by atoms with Crippen molar-refractivity contribution in [2.24, 2.45) is 0 Å². The Morgan fingerprint density at radius 2 is 1.70 bits per heavy atom. The van der Waals surface area contributed by atoms with E-state index in [-0.39, 0.29) is 17.3 Å². The molecule has 0 saturated heterocycles. The van der Waals surface area contributed by atoms with Gasteiger partial charge >= 0.3 is 0 Å². The normalized spacial score (nSPS) is 11.7. The smallest absolute Gasteiger partial charge is 0.269 e. The van der Waals surface area contributed by atoms with Gasteiger partial charge in [-0.05, 0) is 55.5 Å². The van der Waals surface area contributed by atoms with Crippen molar-refractivity contribution >= 4 is 29.0 Å². The molecule has 0 aliphatic rings. The van der Waals surface area contributed by atoms with Gasteiger partial charge in [-0.3, -0.25) is 19.5 Å². The van der Waals surface area contributed by atoms with Crippen molar-refractivity contribution in [2.75, 3.05) is 5.32 Å². The Bertz CT molecular complexity index is 1270. The van der Waals surface area contributed by atoms with E-state index >= 15 is 0 Å². The van der Waals surface area contributed by atoms with Crippen LogP contribution < -0.4 is 5.32 Å². The number of amides is 1. The number of nitrogens with one attached hydrogen (secondary N) is 1. The van der Waals surface area contributed by atoms with Gasteiger partial charge < -0.3 is 10.4 Å². The molecule has 33 heavy (non-hydrogen) atoms. The minimum Gasteiger partial charge on any atom is -0.508 e. The number of thioether (sulfide) groups is 1. The van der Waals surface area contributed by atoms with Gasteiger partial charge in [0.2, 0.25) is 5.91 Å². The Kier molecular flexibility index (Phi) is 6.36. The number of phenols is 1. The van der Waals surface area contributed by atoms with Crippen molar-refractivity contribution in [2.45, 2.75) is 17.3 Å². The monoisotopic (exact) mass is 461 g/mol. The Morgan fingerprint density at radius 1 is 1.03 bits per heavy atom. The number of nitro groups is 1. The second kappa shape index (κ2) is 9.53. The zero-order valence-corrected chi connectivity index (χ0v) is 18.3. The molecule has 10 heteroatoms. The highest BCUT2D eigenvalue weighted by Crippen LogP contribution is 2.31. The summed E-state index contributed by atoms with van der Waals surface area (Å²) in [6, 6.07) is 21.8. The summed E-state index contributed by atoms with van der Waals surface area (Å²) >= 11 is 1.24. The van der Waals surface area contributed by atoms with Gasteiger partial charge in [-0.2, -0.15) is 0 Å². The molecule has 1 amide bonds. The molecule has 0 saturated carbocycles. The standard InChI is InChI=1S/C23H19N5O4S/c1-15(22(30)24-17-9-11-19(12-10-17)28(31)32)33-23-26-25-21(16-7-13-20(29)14-8-16)27(23)18-5-3-2-4-6-18/h2-15,29H,1H3,(H,24,30)/t15-/m0/s1. The highest BCUT2D eigenvalue weighted by atomic mass is 32.2. The molecule has 4 aromatic rings. The number of aromatic hydroxyl groups is 1. The van der Waals surface area contributed by atoms with Gasteiger partial charge in [-0.25, -0.2) is 0 Å². The van der Waals surface area contributed by atoms with Gasteiger partial charge in [-0.1, -0.05) is 30.0 Å². The van der Waals surface area contributed by atoms with Crippen molar-refractivity contribution in [3.63, 3.8) is 0 Å². The third-order valence-electron chi connectivity index (χ3n) is 4.77. The Hall–Kier alpha value is -4.18. The van der Waals surface area contributed by atoms with E-state index in [1.165, 1.54) is 36.0 Å². The van der Waals surface area contributed by atoms with Crippen LogP contribution >= 0.6 is 11.8 Å². The van der Waals surface area contributed by atoms with Gasteiger partial charge in [0, 0.05) is 29.1 Å². The van der Waals surface area contributed by atoms with Gasteiger partial charge in [0.25, 0.3) is 5.69 Å². The number of aromatic nitrogens is 3. The zero-order valence-electron chi connectivity index (χ0n) is 17.5. The number of carbonyl (C=O) groups is 1. The number of carbonyl (C=O) groups excluding carboxylic acids is 1. The molecule has 0 radical (unpaired) electrons. The van der Waals surface area contributed by atoms with Crippen molar-refractivity contribution in [3.05, 3.63) is 89.0 Å². The highest BCUT2D eigenvalue weighted by Gasteiger charge is 2.22. The van der Waals surface area contributed by atoms with E-state index in [1.807, 2.05) is 34.9 Å². The molecule has 166 valence electrons. The predicted molar refractivity (Wildman–Crippen MR) is 126 cm³/mol. The van der Waals surface area contributed by atoms with Gasteiger partial charge in [-0.15, -0.1) is 10.2 Å². The lowest BCUT2D eigenvalue weighted by Gasteiger charge is -2.14. The summed E-state index contributed by atoms with van der Waals surface area (Å²) < 4.78 is 1.85. The molecule has 0 aliphatic heterocycles. The fourth-order valence-corrected chi connectivity index (χ4v) is 3.94. The zero-order chi connectivity index (χ0) is 23.4. The fourth-order valence-electron chi connectivity index (χ4n) is 3.08. The Morgan fingerprint density at radius 3 is 2.33 bits per heavy atom. The first kappa shape index (κ1) is 22.0. The first-order valence-electron chi connectivity index (χ1n) is 9.94. The molecule has 0 bridgehead atoms. The summed E-state index contributed by atoms with van der Waals surface area (Å²) in [5.41, 5.74) is 2.01. The van der Waals surface area contributed by atoms with E-state index in [4.69, 9.17) is 0 Å². The Balaban J connectivity index is 1.58. The maximum atomic E-state index is 12.7. The average Bonchev–Trinajstić information content (AvgIpc) is 3.23. The van der Waals surface area contributed by atoms with E-state index in [0.29, 0.717) is 16.7 Å². The third kappa shape index (κ3) is 5.01. The van der Waals surface area contributed by atoms with Crippen LogP contribution in [0.15, 0.2) is 84.0 Å². The van der Waals surface area contributed by atoms with Crippen LogP contribution in [0, 0.1) is 10.1 Å². The van der Waals surface area contributed by atoms with Gasteiger partial charge in [0.05, 0.1) is 10.2 Å². The summed E-state index contributed by atoms with van der Waals surface area (Å²) in [6.07, 6.45) is 0. The SMILES string of the molecule is C[C@H](Sc1nnc(-c2ccc(O)cc2)n1-c1ccccc1)C(=O)Nc1ccc([N+](=O)[O-])cc1. The number of phenolic OH excluding ortho intramolecular Hbond substituents is 1. The van der Waals surface area contributed by atoms with Crippen LogP contribution in [0.5, 0.6) is 5.75 Å². The summed E-state index contributed by atoms with van der Waals surface area (Å²) in [5, 5.41) is 31.8. The number of rotatable bonds is 7. The van der Waals surface area contributed by atoms with E-state index < -0.39 is 10.2 Å².